The molecule has 0 radical (unpaired) electrons. The molecule has 0 saturated carbocycles. The van der Waals surface area contributed by atoms with Gasteiger partial charge in [0.2, 0.25) is 5.91 Å². The van der Waals surface area contributed by atoms with E-state index in [-0.39, 0.29) is 5.91 Å². The fourth-order valence-corrected chi connectivity index (χ4v) is 3.10. The molecule has 2 aromatic carbocycles. The summed E-state index contributed by atoms with van der Waals surface area (Å²) in [5.74, 6) is 0.866. The molecule has 0 saturated heterocycles. The van der Waals surface area contributed by atoms with Gasteiger partial charge in [-0.1, -0.05) is 30.3 Å². The van der Waals surface area contributed by atoms with Crippen LogP contribution in [-0.2, 0) is 17.8 Å². The molecule has 5 heteroatoms. The predicted molar refractivity (Wildman–Crippen MR) is 106 cm³/mol. The fraction of sp³-hybridized carbons (Fsp3) is 0.273. The van der Waals surface area contributed by atoms with Crippen LogP contribution in [0.2, 0.25) is 0 Å². The van der Waals surface area contributed by atoms with E-state index in [0.717, 1.165) is 34.0 Å². The number of carbonyl (C=O) groups excluding carboxylic acids is 1. The second-order valence-corrected chi connectivity index (χ2v) is 6.67. The summed E-state index contributed by atoms with van der Waals surface area (Å²) in [5.41, 5.74) is 5.09. The summed E-state index contributed by atoms with van der Waals surface area (Å²) < 4.78 is 7.10. The van der Waals surface area contributed by atoms with E-state index in [0.29, 0.717) is 13.0 Å². The quantitative estimate of drug-likeness (QED) is 0.671. The first-order chi connectivity index (χ1) is 13.0. The molecule has 0 N–H and O–H groups in total. The van der Waals surface area contributed by atoms with Gasteiger partial charge in [0, 0.05) is 24.8 Å². The number of amides is 1. The van der Waals surface area contributed by atoms with E-state index < -0.39 is 0 Å². The first-order valence-electron chi connectivity index (χ1n) is 8.97. The lowest BCUT2D eigenvalue weighted by Crippen LogP contribution is -2.28. The summed E-state index contributed by atoms with van der Waals surface area (Å²) in [6.07, 6.45) is 0.366. The number of para-hydroxylation sites is 1. The van der Waals surface area contributed by atoms with E-state index in [2.05, 4.69) is 5.10 Å². The fourth-order valence-electron chi connectivity index (χ4n) is 3.10. The minimum atomic E-state index is 0.0754. The Balaban J connectivity index is 1.72. The first kappa shape index (κ1) is 18.7. The molecule has 140 valence electrons. The molecule has 0 aliphatic rings. The molecule has 1 amide bonds. The molecule has 0 aliphatic carbocycles. The normalized spacial score (nSPS) is 10.7. The zero-order valence-electron chi connectivity index (χ0n) is 16.3. The van der Waals surface area contributed by atoms with Crippen LogP contribution >= 0.6 is 0 Å². The van der Waals surface area contributed by atoms with E-state index in [1.807, 2.05) is 80.2 Å². The Morgan fingerprint density at radius 1 is 1.07 bits per heavy atom. The lowest BCUT2D eigenvalue weighted by atomic mass is 10.1. The van der Waals surface area contributed by atoms with Gasteiger partial charge in [-0.3, -0.25) is 4.79 Å². The van der Waals surface area contributed by atoms with Crippen molar-refractivity contribution in [2.75, 3.05) is 14.2 Å². The van der Waals surface area contributed by atoms with E-state index in [1.54, 1.807) is 12.0 Å². The van der Waals surface area contributed by atoms with Crippen LogP contribution in [0, 0.1) is 13.8 Å². The third-order valence-corrected chi connectivity index (χ3v) is 4.78. The van der Waals surface area contributed by atoms with E-state index in [9.17, 15) is 4.79 Å². The average Bonchev–Trinajstić information content (AvgIpc) is 2.97. The maximum absolute atomic E-state index is 12.6. The number of carbonyl (C=O) groups is 1. The molecular weight excluding hydrogens is 338 g/mol. The third kappa shape index (κ3) is 4.19. The molecule has 0 aliphatic heterocycles. The van der Waals surface area contributed by atoms with Crippen LogP contribution in [0.4, 0.5) is 0 Å². The summed E-state index contributed by atoms with van der Waals surface area (Å²) in [5, 5.41) is 4.66. The highest BCUT2D eigenvalue weighted by Gasteiger charge is 2.17. The number of hydrogen-bond acceptors (Lipinski definition) is 3. The Hall–Kier alpha value is -3.08. The number of methoxy groups -OCH3 is 1. The second kappa shape index (κ2) is 8.08. The number of aryl methyl sites for hydroxylation is 1. The monoisotopic (exact) mass is 363 g/mol. The molecule has 27 heavy (non-hydrogen) atoms. The molecule has 0 fully saturated rings. The van der Waals surface area contributed by atoms with Gasteiger partial charge in [0.25, 0.3) is 0 Å². The second-order valence-electron chi connectivity index (χ2n) is 6.67. The minimum Gasteiger partial charge on any atom is -0.497 e. The van der Waals surface area contributed by atoms with Crippen molar-refractivity contribution in [1.29, 1.82) is 0 Å². The van der Waals surface area contributed by atoms with Gasteiger partial charge >= 0.3 is 0 Å². The Morgan fingerprint density at radius 3 is 2.37 bits per heavy atom. The van der Waals surface area contributed by atoms with Crippen molar-refractivity contribution in [2.45, 2.75) is 26.8 Å². The van der Waals surface area contributed by atoms with E-state index in [4.69, 9.17) is 4.74 Å². The van der Waals surface area contributed by atoms with Gasteiger partial charge in [0.15, 0.2) is 0 Å². The maximum atomic E-state index is 12.6. The molecule has 1 aromatic heterocycles. The number of hydrogen-bond donors (Lipinski definition) is 0. The molecular formula is C22H25N3O2. The van der Waals surface area contributed by atoms with Gasteiger partial charge < -0.3 is 9.64 Å². The summed E-state index contributed by atoms with van der Waals surface area (Å²) in [7, 11) is 3.47. The molecule has 0 spiro atoms. The lowest BCUT2D eigenvalue weighted by molar-refractivity contribution is -0.129. The number of rotatable bonds is 6. The highest BCUT2D eigenvalue weighted by atomic mass is 16.5. The predicted octanol–water partition coefficient (Wildman–Crippen LogP) is 3.70. The van der Waals surface area contributed by atoms with Crippen LogP contribution in [-0.4, -0.2) is 34.7 Å². The Labute approximate surface area is 160 Å². The number of nitrogens with zero attached hydrogens (tertiary/aromatic N) is 3. The zero-order chi connectivity index (χ0) is 19.4. The largest absolute Gasteiger partial charge is 0.497 e. The summed E-state index contributed by atoms with van der Waals surface area (Å²) >= 11 is 0. The smallest absolute Gasteiger partial charge is 0.227 e. The topological polar surface area (TPSA) is 47.4 Å². The molecule has 1 heterocycles. The van der Waals surface area contributed by atoms with Gasteiger partial charge in [-0.15, -0.1) is 0 Å². The zero-order valence-corrected chi connectivity index (χ0v) is 16.3. The molecule has 0 unspecified atom stereocenters. The van der Waals surface area contributed by atoms with Gasteiger partial charge in [0.05, 0.1) is 24.9 Å². The molecule has 5 nitrogen and oxygen atoms in total. The van der Waals surface area contributed by atoms with Crippen LogP contribution in [0.25, 0.3) is 5.69 Å². The Kier molecular flexibility index (Phi) is 5.60. The number of ether oxygens (including phenoxy) is 1. The van der Waals surface area contributed by atoms with Crippen LogP contribution in [0.1, 0.15) is 22.5 Å². The minimum absolute atomic E-state index is 0.0754. The van der Waals surface area contributed by atoms with Crippen LogP contribution in [0.3, 0.4) is 0 Å². The highest BCUT2D eigenvalue weighted by molar-refractivity contribution is 5.78. The van der Waals surface area contributed by atoms with Crippen molar-refractivity contribution in [3.8, 4) is 11.4 Å². The summed E-state index contributed by atoms with van der Waals surface area (Å²) in [6.45, 7) is 4.58. The van der Waals surface area contributed by atoms with Gasteiger partial charge in [-0.2, -0.15) is 5.10 Å². The highest BCUT2D eigenvalue weighted by Crippen LogP contribution is 2.20. The van der Waals surface area contributed by atoms with E-state index >= 15 is 0 Å². The maximum Gasteiger partial charge on any atom is 0.227 e. The molecule has 3 rings (SSSR count). The first-order valence-corrected chi connectivity index (χ1v) is 8.97. The molecule has 3 aromatic rings. The summed E-state index contributed by atoms with van der Waals surface area (Å²) in [4.78, 5) is 14.4. The number of benzene rings is 2. The van der Waals surface area contributed by atoms with Crippen molar-refractivity contribution < 1.29 is 9.53 Å². The Morgan fingerprint density at radius 2 is 1.74 bits per heavy atom. The van der Waals surface area contributed by atoms with Crippen molar-refractivity contribution in [3.05, 3.63) is 77.1 Å². The van der Waals surface area contributed by atoms with Crippen LogP contribution < -0.4 is 4.74 Å². The van der Waals surface area contributed by atoms with Crippen molar-refractivity contribution >= 4 is 5.91 Å². The van der Waals surface area contributed by atoms with Crippen LogP contribution in [0.5, 0.6) is 5.75 Å². The standard InChI is InChI=1S/C22H25N3O2/c1-16-21(17(2)25(23-16)19-8-6-5-7-9-19)15-24(3)22(26)14-18-10-12-20(27-4)13-11-18/h5-13H,14-15H2,1-4H3. The van der Waals surface area contributed by atoms with Crippen molar-refractivity contribution in [3.63, 3.8) is 0 Å². The third-order valence-electron chi connectivity index (χ3n) is 4.78. The van der Waals surface area contributed by atoms with Gasteiger partial charge in [0.1, 0.15) is 5.75 Å². The van der Waals surface area contributed by atoms with Gasteiger partial charge in [-0.25, -0.2) is 4.68 Å². The van der Waals surface area contributed by atoms with Crippen LogP contribution in [0.15, 0.2) is 54.6 Å². The summed E-state index contributed by atoms with van der Waals surface area (Å²) in [6, 6.07) is 17.6. The number of likely N-dealkylation sites (N-methyl/N-ethyl adjacent to an activating group) is 1. The van der Waals surface area contributed by atoms with E-state index in [1.165, 1.54) is 0 Å². The van der Waals surface area contributed by atoms with Crippen molar-refractivity contribution in [1.82, 2.24) is 14.7 Å². The SMILES string of the molecule is COc1ccc(CC(=O)N(C)Cc2c(C)nn(-c3ccccc3)c2C)cc1. The Bertz CT molecular complexity index is 915. The van der Waals surface area contributed by atoms with Crippen molar-refractivity contribution in [2.24, 2.45) is 0 Å². The number of aromatic nitrogens is 2. The molecule has 0 atom stereocenters. The lowest BCUT2D eigenvalue weighted by Gasteiger charge is -2.18. The average molecular weight is 363 g/mol. The van der Waals surface area contributed by atoms with Gasteiger partial charge in [-0.05, 0) is 43.7 Å². The molecule has 0 bridgehead atoms.